The summed E-state index contributed by atoms with van der Waals surface area (Å²) in [6.07, 6.45) is 2.27. The summed E-state index contributed by atoms with van der Waals surface area (Å²) in [5, 5.41) is 0. The Balaban J connectivity index is 2.20. The molecule has 0 saturated carbocycles. The standard InChI is InChI=1S/C30H34O4/c1-6-13-24-19-25(21(4)5)26(18-20(2)3)28(34-30(32)23-16-11-8-12-17-23)27(24)33-29(31)22-14-9-7-10-15-22/h7-12,14-17,19-21H,6,13,18H2,1-5H3. The molecule has 0 aliphatic carbocycles. The van der Waals surface area contributed by atoms with E-state index in [0.717, 1.165) is 23.1 Å². The van der Waals surface area contributed by atoms with Gasteiger partial charge in [0.2, 0.25) is 0 Å². The molecule has 3 aromatic rings. The SMILES string of the molecule is CCCc1cc(C(C)C)c(CC(C)C)c(OC(=O)c2ccccc2)c1OC(=O)c1ccccc1. The molecule has 34 heavy (non-hydrogen) atoms. The molecule has 0 bridgehead atoms. The summed E-state index contributed by atoms with van der Waals surface area (Å²) < 4.78 is 12.1. The Hall–Kier alpha value is -3.40. The molecule has 0 saturated heterocycles. The zero-order chi connectivity index (χ0) is 24.7. The first-order valence-electron chi connectivity index (χ1n) is 12.0. The Bertz CT molecular complexity index is 1120. The van der Waals surface area contributed by atoms with Gasteiger partial charge in [0.15, 0.2) is 11.5 Å². The highest BCUT2D eigenvalue weighted by Crippen LogP contribution is 2.42. The quantitative estimate of drug-likeness (QED) is 0.248. The van der Waals surface area contributed by atoms with Crippen LogP contribution in [-0.4, -0.2) is 11.9 Å². The topological polar surface area (TPSA) is 52.6 Å². The molecule has 4 heteroatoms. The lowest BCUT2D eigenvalue weighted by Gasteiger charge is -2.24. The van der Waals surface area contributed by atoms with Crippen molar-refractivity contribution in [3.05, 3.63) is 94.5 Å². The zero-order valence-electron chi connectivity index (χ0n) is 20.8. The summed E-state index contributed by atoms with van der Waals surface area (Å²) >= 11 is 0. The number of rotatable bonds is 9. The minimum atomic E-state index is -0.470. The number of ether oxygens (including phenoxy) is 2. The van der Waals surface area contributed by atoms with Gasteiger partial charge in [-0.3, -0.25) is 0 Å². The number of hydrogen-bond acceptors (Lipinski definition) is 4. The highest BCUT2D eigenvalue weighted by Gasteiger charge is 2.27. The predicted molar refractivity (Wildman–Crippen MR) is 136 cm³/mol. The molecule has 0 N–H and O–H groups in total. The van der Waals surface area contributed by atoms with Gasteiger partial charge in [-0.1, -0.05) is 83.5 Å². The van der Waals surface area contributed by atoms with Gasteiger partial charge < -0.3 is 9.47 Å². The lowest BCUT2D eigenvalue weighted by molar-refractivity contribution is 0.0679. The van der Waals surface area contributed by atoms with Gasteiger partial charge in [0, 0.05) is 5.56 Å². The molecule has 0 unspecified atom stereocenters. The largest absolute Gasteiger partial charge is 0.419 e. The van der Waals surface area contributed by atoms with E-state index in [1.165, 1.54) is 0 Å². The first-order chi connectivity index (χ1) is 16.3. The second-order valence-electron chi connectivity index (χ2n) is 9.28. The van der Waals surface area contributed by atoms with Gasteiger partial charge in [-0.2, -0.15) is 0 Å². The van der Waals surface area contributed by atoms with Gasteiger partial charge in [0.25, 0.3) is 0 Å². The molecule has 0 aliphatic heterocycles. The molecule has 0 atom stereocenters. The minimum absolute atomic E-state index is 0.220. The van der Waals surface area contributed by atoms with Crippen molar-refractivity contribution in [2.45, 2.75) is 59.8 Å². The summed E-state index contributed by atoms with van der Waals surface area (Å²) in [5.41, 5.74) is 3.81. The number of carbonyl (C=O) groups is 2. The van der Waals surface area contributed by atoms with Gasteiger partial charge in [0.05, 0.1) is 11.1 Å². The lowest BCUT2D eigenvalue weighted by Crippen LogP contribution is -2.17. The molecule has 0 radical (unpaired) electrons. The van der Waals surface area contributed by atoms with Crippen LogP contribution in [0.15, 0.2) is 66.7 Å². The van der Waals surface area contributed by atoms with Gasteiger partial charge in [0.1, 0.15) is 0 Å². The zero-order valence-corrected chi connectivity index (χ0v) is 20.8. The molecular weight excluding hydrogens is 424 g/mol. The van der Waals surface area contributed by atoms with Crippen LogP contribution in [0.1, 0.15) is 84.4 Å². The maximum atomic E-state index is 13.1. The van der Waals surface area contributed by atoms with Crippen molar-refractivity contribution in [1.29, 1.82) is 0 Å². The van der Waals surface area contributed by atoms with Gasteiger partial charge in [-0.25, -0.2) is 9.59 Å². The van der Waals surface area contributed by atoms with Crippen molar-refractivity contribution in [1.82, 2.24) is 0 Å². The van der Waals surface area contributed by atoms with Crippen molar-refractivity contribution in [2.75, 3.05) is 0 Å². The second kappa shape index (κ2) is 11.6. The first-order valence-corrected chi connectivity index (χ1v) is 12.0. The summed E-state index contributed by atoms with van der Waals surface area (Å²) in [6, 6.07) is 19.9. The van der Waals surface area contributed by atoms with Crippen molar-refractivity contribution < 1.29 is 19.1 Å². The van der Waals surface area contributed by atoms with E-state index in [0.29, 0.717) is 41.4 Å². The lowest BCUT2D eigenvalue weighted by atomic mass is 9.88. The molecule has 3 rings (SSSR count). The summed E-state index contributed by atoms with van der Waals surface area (Å²) in [7, 11) is 0. The maximum Gasteiger partial charge on any atom is 0.343 e. The fourth-order valence-corrected chi connectivity index (χ4v) is 4.01. The predicted octanol–water partition coefficient (Wildman–Crippen LogP) is 7.40. The van der Waals surface area contributed by atoms with E-state index in [1.54, 1.807) is 48.5 Å². The molecule has 0 heterocycles. The van der Waals surface area contributed by atoms with Gasteiger partial charge in [-0.15, -0.1) is 0 Å². The highest BCUT2D eigenvalue weighted by molar-refractivity contribution is 5.93. The van der Waals surface area contributed by atoms with E-state index in [4.69, 9.17) is 9.47 Å². The van der Waals surface area contributed by atoms with Crippen LogP contribution in [0, 0.1) is 5.92 Å². The average molecular weight is 459 g/mol. The maximum absolute atomic E-state index is 13.1. The van der Waals surface area contributed by atoms with Crippen LogP contribution in [0.5, 0.6) is 11.5 Å². The summed E-state index contributed by atoms with van der Waals surface area (Å²) in [4.78, 5) is 26.2. The smallest absolute Gasteiger partial charge is 0.343 e. The number of carbonyl (C=O) groups excluding carboxylic acids is 2. The fourth-order valence-electron chi connectivity index (χ4n) is 4.01. The molecule has 0 aliphatic rings. The Morgan fingerprint density at radius 1 is 0.765 bits per heavy atom. The van der Waals surface area contributed by atoms with E-state index < -0.39 is 11.9 Å². The average Bonchev–Trinajstić information content (AvgIpc) is 2.83. The minimum Gasteiger partial charge on any atom is -0.419 e. The number of benzene rings is 3. The van der Waals surface area contributed by atoms with E-state index in [9.17, 15) is 9.59 Å². The Morgan fingerprint density at radius 2 is 1.26 bits per heavy atom. The van der Waals surface area contributed by atoms with Crippen LogP contribution in [0.25, 0.3) is 0 Å². The summed E-state index contributed by atoms with van der Waals surface area (Å²) in [6.45, 7) is 10.6. The molecule has 0 aromatic heterocycles. The molecule has 178 valence electrons. The molecule has 0 amide bonds. The van der Waals surface area contributed by atoms with Crippen molar-refractivity contribution in [3.8, 4) is 11.5 Å². The Labute approximate surface area is 202 Å². The molecule has 3 aromatic carbocycles. The fraction of sp³-hybridized carbons (Fsp3) is 0.333. The van der Waals surface area contributed by atoms with E-state index in [2.05, 4.69) is 40.7 Å². The van der Waals surface area contributed by atoms with Crippen molar-refractivity contribution in [3.63, 3.8) is 0 Å². The number of aryl methyl sites for hydroxylation is 1. The molecule has 4 nitrogen and oxygen atoms in total. The normalized spacial score (nSPS) is 11.0. The van der Waals surface area contributed by atoms with Crippen LogP contribution in [-0.2, 0) is 12.8 Å². The third-order valence-corrected chi connectivity index (χ3v) is 5.61. The third kappa shape index (κ3) is 6.13. The molecule has 0 fully saturated rings. The van der Waals surface area contributed by atoms with Gasteiger partial charge >= 0.3 is 11.9 Å². The van der Waals surface area contributed by atoms with Crippen LogP contribution in [0.4, 0.5) is 0 Å². The number of esters is 2. The second-order valence-corrected chi connectivity index (χ2v) is 9.28. The van der Waals surface area contributed by atoms with Crippen LogP contribution >= 0.6 is 0 Å². The van der Waals surface area contributed by atoms with E-state index in [-0.39, 0.29) is 5.92 Å². The Morgan fingerprint density at radius 3 is 1.71 bits per heavy atom. The van der Waals surface area contributed by atoms with E-state index in [1.807, 2.05) is 12.1 Å². The Kier molecular flexibility index (Phi) is 8.64. The monoisotopic (exact) mass is 458 g/mol. The molecule has 0 spiro atoms. The van der Waals surface area contributed by atoms with Crippen LogP contribution in [0.3, 0.4) is 0 Å². The van der Waals surface area contributed by atoms with Crippen LogP contribution < -0.4 is 9.47 Å². The van der Waals surface area contributed by atoms with Crippen LogP contribution in [0.2, 0.25) is 0 Å². The highest BCUT2D eigenvalue weighted by atomic mass is 16.6. The van der Waals surface area contributed by atoms with E-state index >= 15 is 0 Å². The van der Waals surface area contributed by atoms with Gasteiger partial charge in [-0.05, 0) is 60.1 Å². The van der Waals surface area contributed by atoms with Crippen molar-refractivity contribution >= 4 is 11.9 Å². The first kappa shape index (κ1) is 25.2. The van der Waals surface area contributed by atoms with Crippen molar-refractivity contribution in [2.24, 2.45) is 5.92 Å². The third-order valence-electron chi connectivity index (χ3n) is 5.61. The number of hydrogen-bond donors (Lipinski definition) is 0. The molecular formula is C30H34O4. The summed E-state index contributed by atoms with van der Waals surface area (Å²) in [5.74, 6) is 0.314.